The highest BCUT2D eigenvalue weighted by atomic mass is 16.5. The van der Waals surface area contributed by atoms with Gasteiger partial charge in [0.1, 0.15) is 29.8 Å². The monoisotopic (exact) mass is 424 g/mol. The molecule has 0 spiro atoms. The van der Waals surface area contributed by atoms with Crippen LogP contribution >= 0.6 is 0 Å². The zero-order chi connectivity index (χ0) is 22.5. The lowest BCUT2D eigenvalue weighted by Gasteiger charge is -2.32. The molecule has 1 aliphatic rings. The third kappa shape index (κ3) is 4.26. The van der Waals surface area contributed by atoms with Crippen molar-refractivity contribution < 1.29 is 19.1 Å². The number of hydrogen-bond acceptors (Lipinski definition) is 4. The van der Waals surface area contributed by atoms with Gasteiger partial charge in [-0.15, -0.1) is 0 Å². The van der Waals surface area contributed by atoms with E-state index in [2.05, 4.69) is 6.58 Å². The van der Waals surface area contributed by atoms with Gasteiger partial charge in [0.05, 0.1) is 11.5 Å². The van der Waals surface area contributed by atoms with Crippen LogP contribution < -0.4 is 9.47 Å². The van der Waals surface area contributed by atoms with Crippen molar-refractivity contribution in [3.05, 3.63) is 114 Å². The molecule has 0 N–H and O–H groups in total. The summed E-state index contributed by atoms with van der Waals surface area (Å²) in [5, 5.41) is 0. The highest BCUT2D eigenvalue weighted by molar-refractivity contribution is 6.14. The lowest BCUT2D eigenvalue weighted by Crippen LogP contribution is -2.30. The number of carbonyl (C=O) groups excluding carboxylic acids is 2. The molecule has 0 aliphatic carbocycles. The summed E-state index contributed by atoms with van der Waals surface area (Å²) in [4.78, 5) is 26.5. The first-order chi connectivity index (χ1) is 15.6. The average molecular weight is 424 g/mol. The average Bonchev–Trinajstić information content (AvgIpc) is 2.84. The van der Waals surface area contributed by atoms with E-state index in [9.17, 15) is 9.59 Å². The van der Waals surface area contributed by atoms with Crippen LogP contribution in [0.3, 0.4) is 0 Å². The lowest BCUT2D eigenvalue weighted by atomic mass is 9.85. The summed E-state index contributed by atoms with van der Waals surface area (Å²) in [6, 6.07) is 22.4. The van der Waals surface area contributed by atoms with E-state index in [0.29, 0.717) is 11.3 Å². The Morgan fingerprint density at radius 2 is 1.72 bits per heavy atom. The molecular weight excluding hydrogens is 400 g/mol. The molecule has 0 fully saturated rings. The van der Waals surface area contributed by atoms with Gasteiger partial charge in [-0.1, -0.05) is 86.3 Å². The molecule has 0 saturated heterocycles. The molecule has 160 valence electrons. The van der Waals surface area contributed by atoms with Crippen LogP contribution in [-0.4, -0.2) is 18.2 Å². The van der Waals surface area contributed by atoms with Crippen molar-refractivity contribution in [2.45, 2.75) is 13.0 Å². The van der Waals surface area contributed by atoms with Gasteiger partial charge in [-0.25, -0.2) is 0 Å². The summed E-state index contributed by atoms with van der Waals surface area (Å²) >= 11 is 0. The van der Waals surface area contributed by atoms with E-state index in [-0.39, 0.29) is 35.4 Å². The molecule has 2 unspecified atom stereocenters. The second-order valence-electron chi connectivity index (χ2n) is 7.63. The van der Waals surface area contributed by atoms with E-state index in [1.165, 1.54) is 6.08 Å². The minimum atomic E-state index is -0.490. The number of rotatable bonds is 7. The minimum Gasteiger partial charge on any atom is -0.489 e. The predicted molar refractivity (Wildman–Crippen MR) is 125 cm³/mol. The Morgan fingerprint density at radius 1 is 1.03 bits per heavy atom. The van der Waals surface area contributed by atoms with E-state index >= 15 is 0 Å². The Balaban J connectivity index is 1.79. The van der Waals surface area contributed by atoms with Crippen LogP contribution in [0.5, 0.6) is 11.5 Å². The topological polar surface area (TPSA) is 52.6 Å². The maximum Gasteiger partial charge on any atom is 0.193 e. The van der Waals surface area contributed by atoms with Crippen LogP contribution in [-0.2, 0) is 0 Å². The summed E-state index contributed by atoms with van der Waals surface area (Å²) in [6.45, 7) is 5.76. The van der Waals surface area contributed by atoms with E-state index in [0.717, 1.165) is 11.1 Å². The lowest BCUT2D eigenvalue weighted by molar-refractivity contribution is 0.0685. The molecule has 3 aromatic rings. The third-order valence-electron chi connectivity index (χ3n) is 5.46. The van der Waals surface area contributed by atoms with Crippen LogP contribution in [0.2, 0.25) is 0 Å². The summed E-state index contributed by atoms with van der Waals surface area (Å²) in [6.07, 6.45) is 4.33. The molecule has 4 rings (SSSR count). The standard InChI is InChI=1S/C28H24O4/c1-3-18-31-24-17-15-22-26(30)19(2)27(21-12-8-5-9-13-21)32-28(22)25(24)23(29)16-14-20-10-6-4-7-11-20/h3-17,19,27H,1,18H2,2H3/b16-14+. The van der Waals surface area contributed by atoms with Crippen molar-refractivity contribution in [3.8, 4) is 11.5 Å². The predicted octanol–water partition coefficient (Wildman–Crippen LogP) is 6.10. The number of hydrogen-bond donors (Lipinski definition) is 0. The van der Waals surface area contributed by atoms with E-state index < -0.39 is 6.10 Å². The SMILES string of the molecule is C=CCOc1ccc2c(c1C(=O)/C=C/c1ccccc1)OC(c1ccccc1)C(C)C2=O. The quantitative estimate of drug-likeness (QED) is 0.261. The van der Waals surface area contributed by atoms with Crippen molar-refractivity contribution >= 4 is 17.6 Å². The first kappa shape index (κ1) is 21.3. The number of benzene rings is 3. The summed E-state index contributed by atoms with van der Waals surface area (Å²) in [5.74, 6) is -0.102. The Hall–Kier alpha value is -3.92. The summed E-state index contributed by atoms with van der Waals surface area (Å²) in [7, 11) is 0. The van der Waals surface area contributed by atoms with Gasteiger partial charge in [0.2, 0.25) is 0 Å². The Labute approximate surface area is 187 Å². The van der Waals surface area contributed by atoms with Gasteiger partial charge >= 0.3 is 0 Å². The second-order valence-corrected chi connectivity index (χ2v) is 7.63. The molecule has 3 aromatic carbocycles. The zero-order valence-electron chi connectivity index (χ0n) is 17.9. The normalized spacial score (nSPS) is 17.5. The van der Waals surface area contributed by atoms with Crippen molar-refractivity contribution in [1.82, 2.24) is 0 Å². The highest BCUT2D eigenvalue weighted by Crippen LogP contribution is 2.43. The Kier molecular flexibility index (Phi) is 6.31. The van der Waals surface area contributed by atoms with Crippen LogP contribution in [0.15, 0.2) is 91.5 Å². The number of ether oxygens (including phenoxy) is 2. The van der Waals surface area contributed by atoms with E-state index in [1.54, 1.807) is 24.3 Å². The van der Waals surface area contributed by atoms with Gasteiger partial charge in [0, 0.05) is 0 Å². The highest BCUT2D eigenvalue weighted by Gasteiger charge is 2.38. The fraction of sp³-hybridized carbons (Fsp3) is 0.143. The van der Waals surface area contributed by atoms with Crippen molar-refractivity contribution in [3.63, 3.8) is 0 Å². The van der Waals surface area contributed by atoms with Gasteiger partial charge in [0.25, 0.3) is 0 Å². The minimum absolute atomic E-state index is 0.0588. The molecule has 32 heavy (non-hydrogen) atoms. The smallest absolute Gasteiger partial charge is 0.193 e. The molecule has 2 atom stereocenters. The Morgan fingerprint density at radius 3 is 2.41 bits per heavy atom. The van der Waals surface area contributed by atoms with Crippen molar-refractivity contribution in [1.29, 1.82) is 0 Å². The molecule has 0 radical (unpaired) electrons. The van der Waals surface area contributed by atoms with Gasteiger partial charge in [-0.3, -0.25) is 9.59 Å². The Bertz CT molecular complexity index is 1160. The van der Waals surface area contributed by atoms with E-state index in [1.807, 2.05) is 67.6 Å². The van der Waals surface area contributed by atoms with Crippen molar-refractivity contribution in [2.75, 3.05) is 6.61 Å². The summed E-state index contributed by atoms with van der Waals surface area (Å²) in [5.41, 5.74) is 2.42. The van der Waals surface area contributed by atoms with E-state index in [4.69, 9.17) is 9.47 Å². The van der Waals surface area contributed by atoms with Gasteiger partial charge in [-0.05, 0) is 29.3 Å². The fourth-order valence-electron chi connectivity index (χ4n) is 3.81. The molecule has 0 aromatic heterocycles. The first-order valence-corrected chi connectivity index (χ1v) is 10.5. The van der Waals surface area contributed by atoms with Gasteiger partial charge in [0.15, 0.2) is 11.6 Å². The van der Waals surface area contributed by atoms with Crippen LogP contribution in [0.4, 0.5) is 0 Å². The molecule has 4 nitrogen and oxygen atoms in total. The molecular formula is C28H24O4. The fourth-order valence-corrected chi connectivity index (χ4v) is 3.81. The number of fused-ring (bicyclic) bond motifs is 1. The van der Waals surface area contributed by atoms with Crippen molar-refractivity contribution in [2.24, 2.45) is 5.92 Å². The number of allylic oxidation sites excluding steroid dienone is 1. The van der Waals surface area contributed by atoms with Gasteiger partial charge < -0.3 is 9.47 Å². The molecule has 0 saturated carbocycles. The molecule has 4 heteroatoms. The molecule has 0 amide bonds. The van der Waals surface area contributed by atoms with Crippen LogP contribution in [0.25, 0.3) is 6.08 Å². The largest absolute Gasteiger partial charge is 0.489 e. The van der Waals surface area contributed by atoms with Crippen LogP contribution in [0, 0.1) is 5.92 Å². The molecule has 0 bridgehead atoms. The van der Waals surface area contributed by atoms with Crippen LogP contribution in [0.1, 0.15) is 44.9 Å². The number of ketones is 2. The molecule has 1 aliphatic heterocycles. The number of Topliss-reactive ketones (excluding diaryl/α,β-unsaturated/α-hetero) is 1. The number of carbonyl (C=O) groups is 2. The molecule has 1 heterocycles. The maximum absolute atomic E-state index is 13.3. The second kappa shape index (κ2) is 9.48. The zero-order valence-corrected chi connectivity index (χ0v) is 17.9. The summed E-state index contributed by atoms with van der Waals surface area (Å²) < 4.78 is 12.1. The maximum atomic E-state index is 13.3. The van der Waals surface area contributed by atoms with Gasteiger partial charge in [-0.2, -0.15) is 0 Å². The third-order valence-corrected chi connectivity index (χ3v) is 5.46. The first-order valence-electron chi connectivity index (χ1n) is 10.5.